The van der Waals surface area contributed by atoms with Crippen LogP contribution in [0.5, 0.6) is 0 Å². The molecule has 0 aromatic rings. The van der Waals surface area contributed by atoms with Crippen LogP contribution in [0.15, 0.2) is 0 Å². The van der Waals surface area contributed by atoms with E-state index in [1.165, 1.54) is 0 Å². The van der Waals surface area contributed by atoms with Gasteiger partial charge in [0.2, 0.25) is 0 Å². The molecule has 0 aromatic carbocycles. The van der Waals surface area contributed by atoms with Crippen molar-refractivity contribution in [2.45, 2.75) is 19.6 Å². The smallest absolute Gasteiger partial charge is 0.105 e. The van der Waals surface area contributed by atoms with Gasteiger partial charge in [0.15, 0.2) is 0 Å². The molecule has 0 N–H and O–H groups in total. The largest absolute Gasteiger partial charge is 0.127 e. The van der Waals surface area contributed by atoms with Gasteiger partial charge in [0.05, 0.1) is 0 Å². The molecule has 0 fully saturated rings. The van der Waals surface area contributed by atoms with Crippen LogP contribution in [0.25, 0.3) is 0 Å². The summed E-state index contributed by atoms with van der Waals surface area (Å²) in [6.45, 7) is 2.05. The molecular formula is C4H9BCl. The van der Waals surface area contributed by atoms with Crippen LogP contribution in [0.1, 0.15) is 6.42 Å². The quantitative estimate of drug-likeness (QED) is 0.290. The van der Waals surface area contributed by atoms with Gasteiger partial charge >= 0.3 is 0 Å². The molecule has 0 heterocycles. The molecule has 0 nitrogen and oxygen atoms in total. The van der Waals surface area contributed by atoms with E-state index < -0.39 is 0 Å². The highest BCUT2D eigenvalue weighted by molar-refractivity contribution is 6.33. The Kier molecular flexibility index (Phi) is 5.67. The van der Waals surface area contributed by atoms with Gasteiger partial charge in [-0.1, -0.05) is 13.1 Å². The van der Waals surface area contributed by atoms with Gasteiger partial charge in [-0.2, -0.15) is 0 Å². The maximum atomic E-state index is 5.36. The second-order valence-electron chi connectivity index (χ2n) is 1.24. The normalized spacial score (nSPS) is 8.33. The van der Waals surface area contributed by atoms with Crippen molar-refractivity contribution in [3.05, 3.63) is 0 Å². The molecule has 0 aromatic heterocycles. The second-order valence-corrected chi connectivity index (χ2v) is 1.62. The first kappa shape index (κ1) is 6.35. The molecular weight excluding hydrogens is 94.3 g/mol. The van der Waals surface area contributed by atoms with E-state index in [1.54, 1.807) is 0 Å². The number of halogens is 1. The summed E-state index contributed by atoms with van der Waals surface area (Å²) in [6, 6.07) is 0. The minimum Gasteiger partial charge on any atom is -0.127 e. The lowest BCUT2D eigenvalue weighted by Gasteiger charge is -1.83. The van der Waals surface area contributed by atoms with Crippen molar-refractivity contribution in [3.8, 4) is 0 Å². The molecule has 0 saturated carbocycles. The van der Waals surface area contributed by atoms with Gasteiger partial charge in [0, 0.05) is 5.88 Å². The van der Waals surface area contributed by atoms with Crippen LogP contribution in [0.2, 0.25) is 13.1 Å². The maximum Gasteiger partial charge on any atom is 0.105 e. The Morgan fingerprint density at radius 2 is 2.33 bits per heavy atom. The molecule has 0 atom stereocenters. The molecule has 0 aliphatic heterocycles. The number of rotatable bonds is 3. The fourth-order valence-corrected chi connectivity index (χ4v) is 0.436. The van der Waals surface area contributed by atoms with Crippen LogP contribution < -0.4 is 0 Å². The highest BCUT2D eigenvalue weighted by atomic mass is 35.5. The zero-order valence-corrected chi connectivity index (χ0v) is 4.83. The summed E-state index contributed by atoms with van der Waals surface area (Å²) < 4.78 is 0. The predicted octanol–water partition coefficient (Wildman–Crippen LogP) is 1.79. The first-order chi connectivity index (χ1) is 2.91. The topological polar surface area (TPSA) is 0 Å². The molecule has 35 valence electrons. The Hall–Kier alpha value is 0.355. The van der Waals surface area contributed by atoms with Crippen molar-refractivity contribution in [2.24, 2.45) is 0 Å². The van der Waals surface area contributed by atoms with Gasteiger partial charge < -0.3 is 0 Å². The van der Waals surface area contributed by atoms with Gasteiger partial charge in [0.1, 0.15) is 7.28 Å². The molecule has 0 rings (SSSR count). The Balaban J connectivity index is 2.34. The Bertz CT molecular complexity index is 19.5. The van der Waals surface area contributed by atoms with Crippen molar-refractivity contribution < 1.29 is 0 Å². The van der Waals surface area contributed by atoms with Crippen molar-refractivity contribution in [1.29, 1.82) is 0 Å². The average molecular weight is 103 g/mol. The van der Waals surface area contributed by atoms with Crippen LogP contribution >= 0.6 is 11.6 Å². The zero-order chi connectivity index (χ0) is 4.83. The fourth-order valence-electron chi connectivity index (χ4n) is 0.281. The van der Waals surface area contributed by atoms with Crippen molar-refractivity contribution in [2.75, 3.05) is 5.88 Å². The van der Waals surface area contributed by atoms with Gasteiger partial charge in [-0.25, -0.2) is 0 Å². The van der Waals surface area contributed by atoms with Crippen molar-refractivity contribution in [1.82, 2.24) is 0 Å². The van der Waals surface area contributed by atoms with Crippen LogP contribution in [-0.2, 0) is 0 Å². The van der Waals surface area contributed by atoms with Crippen LogP contribution in [0, 0.1) is 0 Å². The van der Waals surface area contributed by atoms with E-state index in [2.05, 4.69) is 7.28 Å². The van der Waals surface area contributed by atoms with E-state index in [4.69, 9.17) is 11.6 Å². The lowest BCUT2D eigenvalue weighted by Crippen LogP contribution is -1.79. The third kappa shape index (κ3) is 4.35. The summed E-state index contributed by atoms with van der Waals surface area (Å²) in [7, 11) is 2.13. The number of hydrogen-bond acceptors (Lipinski definition) is 0. The molecule has 0 unspecified atom stereocenters. The molecule has 0 saturated heterocycles. The van der Waals surface area contributed by atoms with E-state index >= 15 is 0 Å². The minimum atomic E-state index is 0.796. The minimum absolute atomic E-state index is 0.796. The summed E-state index contributed by atoms with van der Waals surface area (Å²) in [5.41, 5.74) is 0. The third-order valence-electron chi connectivity index (χ3n) is 0.626. The summed E-state index contributed by atoms with van der Waals surface area (Å²) in [5, 5.41) is 0. The Morgan fingerprint density at radius 3 is 2.50 bits per heavy atom. The van der Waals surface area contributed by atoms with Crippen molar-refractivity contribution in [3.63, 3.8) is 0 Å². The summed E-state index contributed by atoms with van der Waals surface area (Å²) in [6.07, 6.45) is 2.28. The number of alkyl halides is 1. The van der Waals surface area contributed by atoms with Gasteiger partial charge in [-0.15, -0.1) is 11.6 Å². The fraction of sp³-hybridized carbons (Fsp3) is 1.00. The van der Waals surface area contributed by atoms with Crippen molar-refractivity contribution >= 4 is 18.9 Å². The summed E-state index contributed by atoms with van der Waals surface area (Å²) >= 11 is 5.36. The molecule has 0 spiro atoms. The highest BCUT2D eigenvalue weighted by Gasteiger charge is 1.78. The first-order valence-corrected chi connectivity index (χ1v) is 2.79. The lowest BCUT2D eigenvalue weighted by atomic mass is 9.77. The Morgan fingerprint density at radius 1 is 1.67 bits per heavy atom. The van der Waals surface area contributed by atoms with E-state index in [0.717, 1.165) is 18.6 Å². The lowest BCUT2D eigenvalue weighted by molar-refractivity contribution is 1.08. The second kappa shape index (κ2) is 5.35. The summed E-state index contributed by atoms with van der Waals surface area (Å²) in [4.78, 5) is 0. The van der Waals surface area contributed by atoms with Gasteiger partial charge in [-0.05, 0) is 6.42 Å². The van der Waals surface area contributed by atoms with E-state index in [1.807, 2.05) is 6.82 Å². The summed E-state index contributed by atoms with van der Waals surface area (Å²) in [5.74, 6) is 0.796. The molecule has 0 amide bonds. The van der Waals surface area contributed by atoms with Crippen LogP contribution in [0.3, 0.4) is 0 Å². The average Bonchev–Trinajstić information content (AvgIpc) is 1.61. The van der Waals surface area contributed by atoms with E-state index in [0.29, 0.717) is 0 Å². The molecule has 2 heteroatoms. The van der Waals surface area contributed by atoms with Gasteiger partial charge in [0.25, 0.3) is 0 Å². The molecule has 6 heavy (non-hydrogen) atoms. The monoisotopic (exact) mass is 103 g/mol. The molecule has 0 aliphatic carbocycles. The van der Waals surface area contributed by atoms with E-state index in [9.17, 15) is 0 Å². The zero-order valence-electron chi connectivity index (χ0n) is 4.08. The predicted molar refractivity (Wildman–Crippen MR) is 31.8 cm³/mol. The Labute approximate surface area is 45.1 Å². The van der Waals surface area contributed by atoms with E-state index in [-0.39, 0.29) is 0 Å². The third-order valence-corrected chi connectivity index (χ3v) is 0.894. The van der Waals surface area contributed by atoms with Crippen LogP contribution in [-0.4, -0.2) is 13.2 Å². The van der Waals surface area contributed by atoms with Crippen LogP contribution in [0.4, 0.5) is 0 Å². The number of hydrogen-bond donors (Lipinski definition) is 0. The van der Waals surface area contributed by atoms with Gasteiger partial charge in [-0.3, -0.25) is 0 Å². The SMILES string of the molecule is C[B]CCCCl. The highest BCUT2D eigenvalue weighted by Crippen LogP contribution is 1.89. The first-order valence-electron chi connectivity index (χ1n) is 2.25. The molecule has 0 aliphatic rings. The molecule has 1 radical (unpaired) electrons. The maximum absolute atomic E-state index is 5.36. The molecule has 0 bridgehead atoms. The standard InChI is InChI=1S/C4H9BCl/c1-5-3-2-4-6/h2-4H2,1H3.